The van der Waals surface area contributed by atoms with Crippen LogP contribution in [0.1, 0.15) is 65.2 Å². The van der Waals surface area contributed by atoms with Crippen molar-refractivity contribution < 1.29 is 0 Å². The van der Waals surface area contributed by atoms with Crippen molar-refractivity contribution in [3.63, 3.8) is 0 Å². The van der Waals surface area contributed by atoms with Gasteiger partial charge in [0.1, 0.15) is 0 Å². The summed E-state index contributed by atoms with van der Waals surface area (Å²) < 4.78 is 0. The first kappa shape index (κ1) is 15.0. The molecule has 1 fully saturated rings. The van der Waals surface area contributed by atoms with Crippen molar-refractivity contribution in [1.29, 1.82) is 0 Å². The maximum absolute atomic E-state index is 3.49. The Hall–Kier alpha value is -0.0800. The van der Waals surface area contributed by atoms with E-state index in [-0.39, 0.29) is 0 Å². The van der Waals surface area contributed by atoms with Gasteiger partial charge in [-0.2, -0.15) is 0 Å². The number of nitrogens with one attached hydrogen (secondary N) is 1. The zero-order valence-corrected chi connectivity index (χ0v) is 12.2. The largest absolute Gasteiger partial charge is 0.315 e. The van der Waals surface area contributed by atoms with E-state index in [1.165, 1.54) is 64.5 Å². The average Bonchev–Trinajstić information content (AvgIpc) is 2.56. The highest BCUT2D eigenvalue weighted by Gasteiger charge is 2.15. The first-order valence-corrected chi connectivity index (χ1v) is 7.64. The van der Waals surface area contributed by atoms with Crippen molar-refractivity contribution in [3.8, 4) is 0 Å². The molecule has 0 spiro atoms. The summed E-state index contributed by atoms with van der Waals surface area (Å²) in [6.45, 7) is 6.90. The quantitative estimate of drug-likeness (QED) is 0.542. The van der Waals surface area contributed by atoms with Crippen molar-refractivity contribution in [3.05, 3.63) is 0 Å². The molecular formula is C15H32N2. The maximum atomic E-state index is 3.49. The molecule has 1 rings (SSSR count). The lowest BCUT2D eigenvalue weighted by atomic mass is 10.1. The molecular weight excluding hydrogens is 208 g/mol. The van der Waals surface area contributed by atoms with Gasteiger partial charge in [-0.1, -0.05) is 39.5 Å². The van der Waals surface area contributed by atoms with Crippen LogP contribution in [0.15, 0.2) is 0 Å². The van der Waals surface area contributed by atoms with E-state index >= 15 is 0 Å². The highest BCUT2D eigenvalue weighted by Crippen LogP contribution is 2.21. The molecule has 2 heteroatoms. The molecule has 0 atom stereocenters. The third-order valence-corrected chi connectivity index (χ3v) is 3.94. The Morgan fingerprint density at radius 2 is 1.71 bits per heavy atom. The topological polar surface area (TPSA) is 15.3 Å². The van der Waals surface area contributed by atoms with Gasteiger partial charge in [-0.3, -0.25) is 0 Å². The lowest BCUT2D eigenvalue weighted by Crippen LogP contribution is -2.32. The normalized spacial score (nSPS) is 18.9. The Morgan fingerprint density at radius 1 is 1.06 bits per heavy atom. The van der Waals surface area contributed by atoms with Crippen molar-refractivity contribution in [2.45, 2.75) is 77.3 Å². The number of unbranched alkanes of at least 4 members (excludes halogenated alkanes) is 1. The minimum absolute atomic E-state index is 0.634. The molecule has 1 N–H and O–H groups in total. The SMILES string of the molecule is CC(C)NCCCCN(C)C1CCCCCC1. The fraction of sp³-hybridized carbons (Fsp3) is 1.00. The van der Waals surface area contributed by atoms with Crippen LogP contribution < -0.4 is 5.32 Å². The van der Waals surface area contributed by atoms with Crippen LogP contribution in [-0.2, 0) is 0 Å². The van der Waals surface area contributed by atoms with Crippen molar-refractivity contribution >= 4 is 0 Å². The van der Waals surface area contributed by atoms with Gasteiger partial charge in [0.2, 0.25) is 0 Å². The van der Waals surface area contributed by atoms with Gasteiger partial charge in [0.25, 0.3) is 0 Å². The van der Waals surface area contributed by atoms with Gasteiger partial charge in [0, 0.05) is 12.1 Å². The molecule has 2 nitrogen and oxygen atoms in total. The second kappa shape index (κ2) is 8.93. The Bertz CT molecular complexity index is 172. The van der Waals surface area contributed by atoms with E-state index in [4.69, 9.17) is 0 Å². The summed E-state index contributed by atoms with van der Waals surface area (Å²) in [5, 5.41) is 3.49. The van der Waals surface area contributed by atoms with E-state index in [2.05, 4.69) is 31.1 Å². The summed E-state index contributed by atoms with van der Waals surface area (Å²) in [7, 11) is 2.33. The second-order valence-electron chi connectivity index (χ2n) is 5.94. The van der Waals surface area contributed by atoms with Crippen molar-refractivity contribution in [2.24, 2.45) is 0 Å². The van der Waals surface area contributed by atoms with Crippen molar-refractivity contribution in [1.82, 2.24) is 10.2 Å². The maximum Gasteiger partial charge on any atom is 0.00922 e. The molecule has 1 aliphatic rings. The number of rotatable bonds is 7. The van der Waals surface area contributed by atoms with E-state index in [0.717, 1.165) is 6.04 Å². The molecule has 0 heterocycles. The molecule has 17 heavy (non-hydrogen) atoms. The first-order valence-electron chi connectivity index (χ1n) is 7.64. The second-order valence-corrected chi connectivity index (χ2v) is 5.94. The Morgan fingerprint density at radius 3 is 2.29 bits per heavy atom. The van der Waals surface area contributed by atoms with Crippen LogP contribution in [0, 0.1) is 0 Å². The molecule has 0 aromatic carbocycles. The molecule has 1 aliphatic carbocycles. The highest BCUT2D eigenvalue weighted by molar-refractivity contribution is 4.72. The zero-order valence-electron chi connectivity index (χ0n) is 12.2. The van der Waals surface area contributed by atoms with Crippen LogP contribution in [0.2, 0.25) is 0 Å². The summed E-state index contributed by atoms with van der Waals surface area (Å²) in [5.74, 6) is 0. The number of hydrogen-bond acceptors (Lipinski definition) is 2. The Balaban J connectivity index is 2.04. The standard InChI is InChI=1S/C15H32N2/c1-14(2)16-12-8-9-13-17(3)15-10-6-4-5-7-11-15/h14-16H,4-13H2,1-3H3. The van der Waals surface area contributed by atoms with E-state index < -0.39 is 0 Å². The lowest BCUT2D eigenvalue weighted by molar-refractivity contribution is 0.217. The lowest BCUT2D eigenvalue weighted by Gasteiger charge is -2.27. The molecule has 0 amide bonds. The van der Waals surface area contributed by atoms with Gasteiger partial charge in [0.05, 0.1) is 0 Å². The molecule has 102 valence electrons. The summed E-state index contributed by atoms with van der Waals surface area (Å²) in [6.07, 6.45) is 11.3. The molecule has 0 aromatic rings. The van der Waals surface area contributed by atoms with Crippen molar-refractivity contribution in [2.75, 3.05) is 20.1 Å². The summed E-state index contributed by atoms with van der Waals surface area (Å²) >= 11 is 0. The molecule has 0 aliphatic heterocycles. The molecule has 0 saturated heterocycles. The minimum Gasteiger partial charge on any atom is -0.315 e. The first-order chi connectivity index (χ1) is 8.20. The molecule has 0 bridgehead atoms. The van der Waals surface area contributed by atoms with Crippen LogP contribution in [-0.4, -0.2) is 37.1 Å². The fourth-order valence-corrected chi connectivity index (χ4v) is 2.76. The summed E-state index contributed by atoms with van der Waals surface area (Å²) in [6, 6.07) is 1.50. The van der Waals surface area contributed by atoms with Crippen LogP contribution >= 0.6 is 0 Å². The predicted molar refractivity (Wildman–Crippen MR) is 76.5 cm³/mol. The fourth-order valence-electron chi connectivity index (χ4n) is 2.76. The third-order valence-electron chi connectivity index (χ3n) is 3.94. The Kier molecular flexibility index (Phi) is 7.87. The van der Waals surface area contributed by atoms with Crippen LogP contribution in [0.4, 0.5) is 0 Å². The van der Waals surface area contributed by atoms with Crippen LogP contribution in [0.25, 0.3) is 0 Å². The van der Waals surface area contributed by atoms with Crippen LogP contribution in [0.5, 0.6) is 0 Å². The monoisotopic (exact) mass is 240 g/mol. The molecule has 0 unspecified atom stereocenters. The van der Waals surface area contributed by atoms with Gasteiger partial charge < -0.3 is 10.2 Å². The van der Waals surface area contributed by atoms with Gasteiger partial charge >= 0.3 is 0 Å². The average molecular weight is 240 g/mol. The number of nitrogens with zero attached hydrogens (tertiary/aromatic N) is 1. The zero-order chi connectivity index (χ0) is 12.5. The number of hydrogen-bond donors (Lipinski definition) is 1. The molecule has 1 saturated carbocycles. The summed E-state index contributed by atoms with van der Waals surface area (Å²) in [4.78, 5) is 2.61. The van der Waals surface area contributed by atoms with Gasteiger partial charge in [0.15, 0.2) is 0 Å². The van der Waals surface area contributed by atoms with Gasteiger partial charge in [-0.25, -0.2) is 0 Å². The third kappa shape index (κ3) is 7.05. The minimum atomic E-state index is 0.634. The predicted octanol–water partition coefficient (Wildman–Crippen LogP) is 3.42. The molecule has 0 radical (unpaired) electrons. The van der Waals surface area contributed by atoms with Crippen LogP contribution in [0.3, 0.4) is 0 Å². The molecule has 0 aromatic heterocycles. The Labute approximate surface area is 108 Å². The smallest absolute Gasteiger partial charge is 0.00922 e. The van der Waals surface area contributed by atoms with E-state index in [9.17, 15) is 0 Å². The van der Waals surface area contributed by atoms with E-state index in [0.29, 0.717) is 6.04 Å². The van der Waals surface area contributed by atoms with E-state index in [1.807, 2.05) is 0 Å². The van der Waals surface area contributed by atoms with Gasteiger partial charge in [-0.15, -0.1) is 0 Å². The van der Waals surface area contributed by atoms with E-state index in [1.54, 1.807) is 0 Å². The van der Waals surface area contributed by atoms with Gasteiger partial charge in [-0.05, 0) is 45.8 Å². The summed E-state index contributed by atoms with van der Waals surface area (Å²) in [5.41, 5.74) is 0. The highest BCUT2D eigenvalue weighted by atomic mass is 15.1.